The quantitative estimate of drug-likeness (QED) is 0.196. The van der Waals surface area contributed by atoms with Gasteiger partial charge < -0.3 is 15.3 Å². The van der Waals surface area contributed by atoms with Gasteiger partial charge >= 0.3 is 0 Å². The van der Waals surface area contributed by atoms with E-state index in [4.69, 9.17) is 0 Å². The van der Waals surface area contributed by atoms with Gasteiger partial charge in [0.2, 0.25) is 0 Å². The van der Waals surface area contributed by atoms with Gasteiger partial charge in [0, 0.05) is 6.07 Å². The van der Waals surface area contributed by atoms with Crippen LogP contribution in [0.1, 0.15) is 10.4 Å². The van der Waals surface area contributed by atoms with Crippen molar-refractivity contribution in [2.45, 2.75) is 0 Å². The Morgan fingerprint density at radius 1 is 0.581 bits per heavy atom. The smallest absolute Gasteiger partial charge is 0.190 e. The molecular weight excluding hydrogens is 407 g/mol. The van der Waals surface area contributed by atoms with Crippen molar-refractivity contribution in [1.29, 1.82) is 0 Å². The number of ketones is 1. The lowest BCUT2D eigenvalue weighted by Crippen LogP contribution is -2.28. The molecule has 4 nitrogen and oxygen atoms in total. The molecule has 4 rings (SSSR count). The number of Topliss-reactive ketones (excluding diaryl/α,β-unsaturated/α-hetero) is 1. The van der Waals surface area contributed by atoms with Gasteiger partial charge in [0.1, 0.15) is 5.75 Å². The molecule has 3 N–H and O–H groups in total. The second-order valence-corrected chi connectivity index (χ2v) is 10.3. The molecule has 0 radical (unpaired) electrons. The lowest BCUT2D eigenvalue weighted by atomic mass is 10.1. The molecule has 4 aromatic rings. The number of carbonyl (C=O) groups excluding carboxylic acids is 1. The summed E-state index contributed by atoms with van der Waals surface area (Å²) in [4.78, 5) is 13.5. The van der Waals surface area contributed by atoms with Crippen LogP contribution in [0.25, 0.3) is 0 Å². The first-order chi connectivity index (χ1) is 15.0. The molecule has 0 saturated heterocycles. The number of rotatable bonds is 5. The Bertz CT molecular complexity index is 1160. The molecule has 0 aliphatic carbocycles. The third-order valence-corrected chi connectivity index (χ3v) is 9.12. The monoisotopic (exact) mass is 428 g/mol. The second kappa shape index (κ2) is 8.55. The van der Waals surface area contributed by atoms with Gasteiger partial charge in [-0.1, -0.05) is 91.0 Å². The maximum Gasteiger partial charge on any atom is 0.190 e. The maximum atomic E-state index is 13.5. The van der Waals surface area contributed by atoms with E-state index in [0.717, 1.165) is 28.0 Å². The average molecular weight is 428 g/mol. The largest absolute Gasteiger partial charge is 0.507 e. The first-order valence-electron chi connectivity index (χ1n) is 9.73. The predicted molar refractivity (Wildman–Crippen MR) is 127 cm³/mol. The standard InChI is InChI=1S/C26H21O4P/c27-23-17-25(29)24(28)16-22(23)26(30)18-31(19-10-4-1-5-11-19,20-12-6-2-7-13-20)21-14-8-3-9-15-21/h1-18,27-29H. The van der Waals surface area contributed by atoms with E-state index in [1.54, 1.807) is 5.80 Å². The molecular formula is C26H21O4P. The fourth-order valence-corrected chi connectivity index (χ4v) is 7.43. The number of benzene rings is 4. The first kappa shape index (κ1) is 20.5. The van der Waals surface area contributed by atoms with Crippen molar-refractivity contribution >= 4 is 34.4 Å². The van der Waals surface area contributed by atoms with Crippen LogP contribution in [0.15, 0.2) is 103 Å². The number of aromatic hydroxyl groups is 3. The molecule has 0 atom stereocenters. The van der Waals surface area contributed by atoms with Gasteiger partial charge in [-0.3, -0.25) is 4.79 Å². The van der Waals surface area contributed by atoms with Gasteiger partial charge in [-0.15, -0.1) is 0 Å². The number of hydrogen-bond donors (Lipinski definition) is 3. The summed E-state index contributed by atoms with van der Waals surface area (Å²) in [6.07, 6.45) is 0. The van der Waals surface area contributed by atoms with Crippen LogP contribution in [0.2, 0.25) is 0 Å². The van der Waals surface area contributed by atoms with Crippen molar-refractivity contribution in [2.75, 3.05) is 0 Å². The SMILES string of the molecule is O=C(C=P(c1ccccc1)(c1ccccc1)c1ccccc1)c1cc(O)c(O)cc1O. The highest BCUT2D eigenvalue weighted by Gasteiger charge is 2.27. The minimum absolute atomic E-state index is 0.0672. The second-order valence-electron chi connectivity index (χ2n) is 7.08. The Hall–Kier alpha value is -3.75. The predicted octanol–water partition coefficient (Wildman–Crippen LogP) is 3.78. The number of phenols is 3. The number of carbonyl (C=O) groups is 1. The van der Waals surface area contributed by atoms with Crippen LogP contribution in [0.4, 0.5) is 0 Å². The molecule has 0 aliphatic heterocycles. The highest BCUT2D eigenvalue weighted by atomic mass is 31.2. The van der Waals surface area contributed by atoms with Gasteiger partial charge in [0.05, 0.1) is 5.56 Å². The Labute approximate surface area is 180 Å². The van der Waals surface area contributed by atoms with Gasteiger partial charge in [0.25, 0.3) is 0 Å². The van der Waals surface area contributed by atoms with E-state index in [0.29, 0.717) is 0 Å². The summed E-state index contributed by atoms with van der Waals surface area (Å²) in [7, 11) is 0. The molecule has 0 unspecified atom stereocenters. The van der Waals surface area contributed by atoms with Crippen molar-refractivity contribution < 1.29 is 20.1 Å². The lowest BCUT2D eigenvalue weighted by molar-refractivity contribution is 0.107. The summed E-state index contributed by atoms with van der Waals surface area (Å²) in [5.41, 5.74) is -0.0672. The summed E-state index contributed by atoms with van der Waals surface area (Å²) >= 11 is 0. The van der Waals surface area contributed by atoms with Gasteiger partial charge in [-0.05, 0) is 34.7 Å². The summed E-state index contributed by atoms with van der Waals surface area (Å²) in [6, 6.07) is 31.6. The molecule has 0 aromatic heterocycles. The highest BCUT2D eigenvalue weighted by molar-refractivity contribution is 7.95. The van der Waals surface area contributed by atoms with Crippen LogP contribution in [0.5, 0.6) is 17.2 Å². The van der Waals surface area contributed by atoms with E-state index in [9.17, 15) is 20.1 Å². The van der Waals surface area contributed by atoms with E-state index >= 15 is 0 Å². The van der Waals surface area contributed by atoms with E-state index in [2.05, 4.69) is 0 Å². The highest BCUT2D eigenvalue weighted by Crippen LogP contribution is 2.44. The average Bonchev–Trinajstić information content (AvgIpc) is 2.81. The molecule has 154 valence electrons. The van der Waals surface area contributed by atoms with Crippen LogP contribution in [0.3, 0.4) is 0 Å². The fourth-order valence-electron chi connectivity index (χ4n) is 3.67. The van der Waals surface area contributed by atoms with Crippen LogP contribution < -0.4 is 15.9 Å². The topological polar surface area (TPSA) is 77.8 Å². The zero-order valence-corrected chi connectivity index (χ0v) is 17.5. The number of phenolic OH excluding ortho intramolecular Hbond substituents is 3. The Balaban J connectivity index is 2.08. The molecule has 0 aliphatic rings. The Morgan fingerprint density at radius 2 is 0.968 bits per heavy atom. The van der Waals surface area contributed by atoms with Gasteiger partial charge in [0.15, 0.2) is 17.3 Å². The fraction of sp³-hybridized carbons (Fsp3) is 0. The zero-order chi connectivity index (χ0) is 21.8. The molecule has 31 heavy (non-hydrogen) atoms. The van der Waals surface area contributed by atoms with Crippen LogP contribution in [-0.2, 0) is 0 Å². The molecule has 0 saturated carbocycles. The van der Waals surface area contributed by atoms with E-state index in [1.165, 1.54) is 0 Å². The van der Waals surface area contributed by atoms with E-state index < -0.39 is 24.2 Å². The van der Waals surface area contributed by atoms with Crippen molar-refractivity contribution in [3.8, 4) is 17.2 Å². The minimum atomic E-state index is -2.55. The lowest BCUT2D eigenvalue weighted by Gasteiger charge is -2.28. The van der Waals surface area contributed by atoms with Crippen molar-refractivity contribution in [1.82, 2.24) is 0 Å². The summed E-state index contributed by atoms with van der Waals surface area (Å²) in [6.45, 7) is -2.55. The number of hydrogen-bond acceptors (Lipinski definition) is 4. The summed E-state index contributed by atoms with van der Waals surface area (Å²) in [5, 5.41) is 32.8. The molecule has 0 spiro atoms. The van der Waals surface area contributed by atoms with Crippen molar-refractivity contribution in [3.05, 3.63) is 109 Å². The Kier molecular flexibility index (Phi) is 5.66. The van der Waals surface area contributed by atoms with E-state index in [1.807, 2.05) is 91.0 Å². The molecule has 0 bridgehead atoms. The molecule has 0 heterocycles. The van der Waals surface area contributed by atoms with Crippen LogP contribution in [-0.4, -0.2) is 26.9 Å². The third-order valence-electron chi connectivity index (χ3n) is 5.16. The van der Waals surface area contributed by atoms with Crippen LogP contribution in [0, 0.1) is 0 Å². The van der Waals surface area contributed by atoms with E-state index in [-0.39, 0.29) is 11.3 Å². The van der Waals surface area contributed by atoms with Crippen LogP contribution >= 0.6 is 6.89 Å². The summed E-state index contributed by atoms with van der Waals surface area (Å²) in [5.74, 6) is -0.0955. The van der Waals surface area contributed by atoms with Crippen molar-refractivity contribution in [3.63, 3.8) is 0 Å². The van der Waals surface area contributed by atoms with Gasteiger partial charge in [-0.2, -0.15) is 0 Å². The third kappa shape index (κ3) is 3.86. The zero-order valence-electron chi connectivity index (χ0n) is 16.6. The van der Waals surface area contributed by atoms with Gasteiger partial charge in [-0.25, -0.2) is 0 Å². The first-order valence-corrected chi connectivity index (χ1v) is 11.6. The normalized spacial score (nSPS) is 11.1. The minimum Gasteiger partial charge on any atom is -0.507 e. The summed E-state index contributed by atoms with van der Waals surface area (Å²) < 4.78 is 0. The molecule has 5 heteroatoms. The van der Waals surface area contributed by atoms with Crippen molar-refractivity contribution in [2.24, 2.45) is 0 Å². The molecule has 0 amide bonds. The molecule has 4 aromatic carbocycles. The Morgan fingerprint density at radius 3 is 1.39 bits per heavy atom. The maximum absolute atomic E-state index is 13.5. The molecule has 0 fully saturated rings.